The molecule has 2 N–H and O–H groups in total. The molecule has 1 aliphatic rings. The van der Waals surface area contributed by atoms with Crippen LogP contribution >= 0.6 is 0 Å². The quantitative estimate of drug-likeness (QED) is 0.793. The Morgan fingerprint density at radius 2 is 2.29 bits per heavy atom. The number of aromatic nitrogens is 2. The van der Waals surface area contributed by atoms with Crippen LogP contribution in [0.25, 0.3) is 0 Å². The molecule has 0 aliphatic heterocycles. The van der Waals surface area contributed by atoms with Gasteiger partial charge in [0.1, 0.15) is 5.82 Å². The predicted molar refractivity (Wildman–Crippen MR) is 64.6 cm³/mol. The minimum Gasteiger partial charge on any atom is -0.461 e. The van der Waals surface area contributed by atoms with E-state index in [1.165, 1.54) is 12.8 Å². The van der Waals surface area contributed by atoms with Gasteiger partial charge in [0.2, 0.25) is 0 Å². The second-order valence-corrected chi connectivity index (χ2v) is 4.68. The molecule has 0 saturated heterocycles. The van der Waals surface area contributed by atoms with Crippen LogP contribution in [0.4, 0.5) is 5.82 Å². The van der Waals surface area contributed by atoms with Gasteiger partial charge in [-0.05, 0) is 31.6 Å². The summed E-state index contributed by atoms with van der Waals surface area (Å²) in [6.45, 7) is 5.14. The molecule has 2 rings (SSSR count). The molecule has 0 bridgehead atoms. The monoisotopic (exact) mass is 237 g/mol. The molecule has 5 nitrogen and oxygen atoms in total. The molecule has 1 aliphatic carbocycles. The van der Waals surface area contributed by atoms with E-state index in [2.05, 4.69) is 11.9 Å². The smallest absolute Gasteiger partial charge is 0.360 e. The molecule has 17 heavy (non-hydrogen) atoms. The number of rotatable bonds is 5. The first-order valence-electron chi connectivity index (χ1n) is 6.09. The second-order valence-electron chi connectivity index (χ2n) is 4.68. The Morgan fingerprint density at radius 3 is 2.82 bits per heavy atom. The molecule has 94 valence electrons. The molecule has 1 saturated carbocycles. The number of hydrogen-bond acceptors (Lipinski definition) is 4. The maximum Gasteiger partial charge on any atom is 0.360 e. The van der Waals surface area contributed by atoms with Crippen molar-refractivity contribution >= 4 is 11.8 Å². The Bertz CT molecular complexity index is 421. The van der Waals surface area contributed by atoms with Crippen molar-refractivity contribution in [3.63, 3.8) is 0 Å². The third-order valence-corrected chi connectivity index (χ3v) is 3.56. The van der Waals surface area contributed by atoms with Gasteiger partial charge in [0.25, 0.3) is 0 Å². The van der Waals surface area contributed by atoms with Gasteiger partial charge in [-0.3, -0.25) is 0 Å². The molecule has 0 amide bonds. The minimum atomic E-state index is -0.440. The lowest BCUT2D eigenvalue weighted by Gasteiger charge is -2.14. The Balaban J connectivity index is 2.12. The average Bonchev–Trinajstić information content (AvgIpc) is 3.00. The highest BCUT2D eigenvalue weighted by molar-refractivity contribution is 5.92. The summed E-state index contributed by atoms with van der Waals surface area (Å²) in [5.74, 6) is -0.0201. The topological polar surface area (TPSA) is 70.1 Å². The summed E-state index contributed by atoms with van der Waals surface area (Å²) < 4.78 is 6.76. The molecule has 0 spiro atoms. The first-order valence-corrected chi connectivity index (χ1v) is 6.09. The molecule has 1 aromatic heterocycles. The Morgan fingerprint density at radius 1 is 1.59 bits per heavy atom. The van der Waals surface area contributed by atoms with E-state index < -0.39 is 5.97 Å². The molecule has 0 aromatic carbocycles. The first-order chi connectivity index (χ1) is 8.12. The molecule has 1 aromatic rings. The van der Waals surface area contributed by atoms with Crippen LogP contribution in [0.3, 0.4) is 0 Å². The van der Waals surface area contributed by atoms with E-state index in [-0.39, 0.29) is 5.69 Å². The summed E-state index contributed by atoms with van der Waals surface area (Å²) in [5, 5.41) is 0. The Hall–Kier alpha value is -1.52. The highest BCUT2D eigenvalue weighted by Gasteiger charge is 2.41. The lowest BCUT2D eigenvalue weighted by atomic mass is 10.0. The second kappa shape index (κ2) is 4.39. The number of anilines is 1. The standard InChI is InChI=1S/C12H19N3O2/c1-3-12(5-6-12)7-15-8-14-9(10(15)13)11(16)17-4-2/h8H,3-7,13H2,1-2H3. The number of carbonyl (C=O) groups is 1. The number of ether oxygens (including phenoxy) is 1. The van der Waals surface area contributed by atoms with Gasteiger partial charge in [0.05, 0.1) is 12.9 Å². The maximum absolute atomic E-state index is 11.6. The van der Waals surface area contributed by atoms with Gasteiger partial charge in [0, 0.05) is 6.54 Å². The largest absolute Gasteiger partial charge is 0.461 e. The lowest BCUT2D eigenvalue weighted by molar-refractivity contribution is 0.0521. The van der Waals surface area contributed by atoms with Crippen LogP contribution in [0.5, 0.6) is 0 Å². The van der Waals surface area contributed by atoms with Crippen LogP contribution in [0.1, 0.15) is 43.6 Å². The van der Waals surface area contributed by atoms with Crippen LogP contribution in [-0.4, -0.2) is 22.1 Å². The van der Waals surface area contributed by atoms with Crippen molar-refractivity contribution in [1.29, 1.82) is 0 Å². The number of imidazole rings is 1. The van der Waals surface area contributed by atoms with Crippen molar-refractivity contribution in [2.45, 2.75) is 39.7 Å². The summed E-state index contributed by atoms with van der Waals surface area (Å²) in [5.41, 5.74) is 6.53. The average molecular weight is 237 g/mol. The van der Waals surface area contributed by atoms with Gasteiger partial charge in [-0.25, -0.2) is 9.78 Å². The van der Waals surface area contributed by atoms with Gasteiger partial charge >= 0.3 is 5.97 Å². The van der Waals surface area contributed by atoms with E-state index in [0.717, 1.165) is 13.0 Å². The zero-order valence-corrected chi connectivity index (χ0v) is 10.4. The molecule has 0 radical (unpaired) electrons. The first kappa shape index (κ1) is 12.0. The zero-order valence-electron chi connectivity index (χ0n) is 10.4. The van der Waals surface area contributed by atoms with Gasteiger partial charge in [-0.1, -0.05) is 6.92 Å². The third kappa shape index (κ3) is 2.28. The van der Waals surface area contributed by atoms with E-state index in [1.807, 2.05) is 4.57 Å². The fourth-order valence-electron chi connectivity index (χ4n) is 2.04. The molecular formula is C12H19N3O2. The van der Waals surface area contributed by atoms with Crippen LogP contribution in [0.2, 0.25) is 0 Å². The van der Waals surface area contributed by atoms with Gasteiger partial charge in [0.15, 0.2) is 5.69 Å². The van der Waals surface area contributed by atoms with E-state index in [4.69, 9.17) is 10.5 Å². The van der Waals surface area contributed by atoms with E-state index >= 15 is 0 Å². The summed E-state index contributed by atoms with van der Waals surface area (Å²) in [6.07, 6.45) is 5.24. The number of nitrogen functional groups attached to an aromatic ring is 1. The van der Waals surface area contributed by atoms with Crippen molar-refractivity contribution in [3.05, 3.63) is 12.0 Å². The van der Waals surface area contributed by atoms with E-state index in [9.17, 15) is 4.79 Å². The van der Waals surface area contributed by atoms with Crippen LogP contribution in [0.15, 0.2) is 6.33 Å². The van der Waals surface area contributed by atoms with Crippen LogP contribution in [0, 0.1) is 5.41 Å². The fraction of sp³-hybridized carbons (Fsp3) is 0.667. The van der Waals surface area contributed by atoms with E-state index in [0.29, 0.717) is 17.8 Å². The lowest BCUT2D eigenvalue weighted by Crippen LogP contribution is -2.14. The molecule has 0 atom stereocenters. The summed E-state index contributed by atoms with van der Waals surface area (Å²) >= 11 is 0. The van der Waals surface area contributed by atoms with Crippen LogP contribution < -0.4 is 5.73 Å². The number of nitrogens with two attached hydrogens (primary N) is 1. The number of esters is 1. The number of hydrogen-bond donors (Lipinski definition) is 1. The van der Waals surface area contributed by atoms with Crippen molar-refractivity contribution < 1.29 is 9.53 Å². The number of nitrogens with zero attached hydrogens (tertiary/aromatic N) is 2. The van der Waals surface area contributed by atoms with Gasteiger partial charge in [-0.15, -0.1) is 0 Å². The SMILES string of the molecule is CCOC(=O)c1ncn(CC2(CC)CC2)c1N. The normalized spacial score (nSPS) is 16.8. The highest BCUT2D eigenvalue weighted by atomic mass is 16.5. The van der Waals surface area contributed by atoms with Crippen molar-refractivity contribution in [3.8, 4) is 0 Å². The fourth-order valence-corrected chi connectivity index (χ4v) is 2.04. The van der Waals surface area contributed by atoms with Crippen molar-refractivity contribution in [1.82, 2.24) is 9.55 Å². The molecule has 1 fully saturated rings. The predicted octanol–water partition coefficient (Wildman–Crippen LogP) is 1.83. The molecule has 0 unspecified atom stereocenters. The summed E-state index contributed by atoms with van der Waals surface area (Å²) in [6, 6.07) is 0. The molecule has 5 heteroatoms. The summed E-state index contributed by atoms with van der Waals surface area (Å²) in [4.78, 5) is 15.6. The summed E-state index contributed by atoms with van der Waals surface area (Å²) in [7, 11) is 0. The molecule has 1 heterocycles. The molecular weight excluding hydrogens is 218 g/mol. The number of carbonyl (C=O) groups excluding carboxylic acids is 1. The zero-order chi connectivity index (χ0) is 12.5. The third-order valence-electron chi connectivity index (χ3n) is 3.56. The van der Waals surface area contributed by atoms with Gasteiger partial charge < -0.3 is 15.0 Å². The maximum atomic E-state index is 11.6. The minimum absolute atomic E-state index is 0.235. The van der Waals surface area contributed by atoms with Crippen molar-refractivity contribution in [2.24, 2.45) is 5.41 Å². The van der Waals surface area contributed by atoms with Crippen molar-refractivity contribution in [2.75, 3.05) is 12.3 Å². The van der Waals surface area contributed by atoms with Crippen LogP contribution in [-0.2, 0) is 11.3 Å². The van der Waals surface area contributed by atoms with E-state index in [1.54, 1.807) is 13.3 Å². The highest BCUT2D eigenvalue weighted by Crippen LogP contribution is 2.50. The Labute approximate surface area is 101 Å². The Kier molecular flexibility index (Phi) is 3.09. The van der Waals surface area contributed by atoms with Gasteiger partial charge in [-0.2, -0.15) is 0 Å².